The Balaban J connectivity index is 1.75. The highest BCUT2D eigenvalue weighted by atomic mass is 32.2. The second-order valence-electron chi connectivity index (χ2n) is 7.92. The van der Waals surface area contributed by atoms with E-state index >= 15 is 0 Å². The van der Waals surface area contributed by atoms with Crippen LogP contribution in [0.2, 0.25) is 0 Å². The molecule has 1 amide bonds. The lowest BCUT2D eigenvalue weighted by molar-refractivity contribution is 0.0940. The first kappa shape index (κ1) is 22.6. The number of carbonyl (C=O) groups excluding carboxylic acids is 1. The van der Waals surface area contributed by atoms with Gasteiger partial charge in [-0.1, -0.05) is 48.5 Å². The van der Waals surface area contributed by atoms with Crippen LogP contribution in [0.4, 0.5) is 5.69 Å². The molecule has 0 saturated heterocycles. The third kappa shape index (κ3) is 5.95. The zero-order valence-electron chi connectivity index (χ0n) is 18.3. The molecule has 0 spiro atoms. The quantitative estimate of drug-likeness (QED) is 0.581. The van der Waals surface area contributed by atoms with Crippen LogP contribution in [0.15, 0.2) is 72.8 Å². The van der Waals surface area contributed by atoms with Gasteiger partial charge < -0.3 is 5.32 Å². The van der Waals surface area contributed by atoms with Gasteiger partial charge >= 0.3 is 0 Å². The van der Waals surface area contributed by atoms with E-state index in [-0.39, 0.29) is 18.5 Å². The van der Waals surface area contributed by atoms with Crippen molar-refractivity contribution in [2.24, 2.45) is 0 Å². The Morgan fingerprint density at radius 2 is 1.52 bits per heavy atom. The number of amides is 1. The molecule has 162 valence electrons. The van der Waals surface area contributed by atoms with Crippen LogP contribution in [-0.2, 0) is 16.6 Å². The first-order valence-corrected chi connectivity index (χ1v) is 12.0. The van der Waals surface area contributed by atoms with Crippen molar-refractivity contribution >= 4 is 21.6 Å². The number of hydrogen-bond donors (Lipinski definition) is 1. The zero-order valence-corrected chi connectivity index (χ0v) is 19.1. The maximum absolute atomic E-state index is 12.6. The molecule has 0 bridgehead atoms. The van der Waals surface area contributed by atoms with Gasteiger partial charge in [-0.2, -0.15) is 0 Å². The molecule has 3 aromatic rings. The molecule has 0 aliphatic rings. The van der Waals surface area contributed by atoms with E-state index in [1.54, 1.807) is 24.3 Å². The minimum absolute atomic E-state index is 0.112. The van der Waals surface area contributed by atoms with E-state index in [0.717, 1.165) is 22.3 Å². The van der Waals surface area contributed by atoms with Gasteiger partial charge in [-0.15, -0.1) is 0 Å². The van der Waals surface area contributed by atoms with Gasteiger partial charge in [0.05, 0.1) is 24.5 Å². The number of nitrogens with one attached hydrogen (secondary N) is 1. The molecule has 31 heavy (non-hydrogen) atoms. The van der Waals surface area contributed by atoms with Gasteiger partial charge in [0.2, 0.25) is 10.0 Å². The van der Waals surface area contributed by atoms with Crippen LogP contribution >= 0.6 is 0 Å². The van der Waals surface area contributed by atoms with Gasteiger partial charge in [-0.05, 0) is 67.3 Å². The zero-order chi connectivity index (χ0) is 22.6. The van der Waals surface area contributed by atoms with Gasteiger partial charge in [0.25, 0.3) is 5.91 Å². The predicted octanol–water partition coefficient (Wildman–Crippen LogP) is 4.76. The SMILES string of the molecule is Cc1cc(C)cc(N(Cc2ccc(C(=O)N[C@H](C)c3ccccc3)cc2)S(C)(=O)=O)c1. The molecule has 0 aliphatic carbocycles. The van der Waals surface area contributed by atoms with Gasteiger partial charge in [0.15, 0.2) is 0 Å². The summed E-state index contributed by atoms with van der Waals surface area (Å²) in [7, 11) is -3.47. The molecular weight excluding hydrogens is 408 g/mol. The number of benzene rings is 3. The minimum Gasteiger partial charge on any atom is -0.346 e. The lowest BCUT2D eigenvalue weighted by Crippen LogP contribution is -2.29. The van der Waals surface area contributed by atoms with Crippen LogP contribution in [0.3, 0.4) is 0 Å². The summed E-state index contributed by atoms with van der Waals surface area (Å²) in [5.74, 6) is -0.169. The number of anilines is 1. The third-order valence-electron chi connectivity index (χ3n) is 5.08. The Kier molecular flexibility index (Phi) is 6.81. The molecule has 0 saturated carbocycles. The van der Waals surface area contributed by atoms with Crippen molar-refractivity contribution < 1.29 is 13.2 Å². The first-order chi connectivity index (χ1) is 14.6. The Bertz CT molecular complexity index is 1140. The average molecular weight is 437 g/mol. The van der Waals surface area contributed by atoms with Crippen LogP contribution < -0.4 is 9.62 Å². The number of nitrogens with zero attached hydrogens (tertiary/aromatic N) is 1. The van der Waals surface area contributed by atoms with E-state index in [1.165, 1.54) is 10.6 Å². The standard InChI is InChI=1S/C25H28N2O3S/c1-18-14-19(2)16-24(15-18)27(31(4,29)30)17-21-10-12-23(13-11-21)25(28)26-20(3)22-8-6-5-7-9-22/h5-16,20H,17H2,1-4H3,(H,26,28)/t20-/m1/s1. The monoisotopic (exact) mass is 436 g/mol. The molecule has 6 heteroatoms. The normalized spacial score (nSPS) is 12.3. The molecule has 3 rings (SSSR count). The second-order valence-corrected chi connectivity index (χ2v) is 9.83. The molecule has 0 unspecified atom stereocenters. The Morgan fingerprint density at radius 3 is 2.06 bits per heavy atom. The first-order valence-electron chi connectivity index (χ1n) is 10.1. The summed E-state index contributed by atoms with van der Waals surface area (Å²) in [4.78, 5) is 12.6. The van der Waals surface area contributed by atoms with Crippen LogP contribution in [0, 0.1) is 13.8 Å². The lowest BCUT2D eigenvalue weighted by Gasteiger charge is -2.23. The van der Waals surface area contributed by atoms with Gasteiger partial charge in [-0.25, -0.2) is 8.42 Å². The van der Waals surface area contributed by atoms with Crippen molar-refractivity contribution in [3.8, 4) is 0 Å². The van der Waals surface area contributed by atoms with Crippen molar-refractivity contribution in [2.75, 3.05) is 10.6 Å². The number of hydrogen-bond acceptors (Lipinski definition) is 3. The highest BCUT2D eigenvalue weighted by molar-refractivity contribution is 7.92. The Hall–Kier alpha value is -3.12. The van der Waals surface area contributed by atoms with Crippen molar-refractivity contribution in [1.29, 1.82) is 0 Å². The van der Waals surface area contributed by atoms with Crippen LogP contribution in [-0.4, -0.2) is 20.6 Å². The summed E-state index contributed by atoms with van der Waals surface area (Å²) >= 11 is 0. The van der Waals surface area contributed by atoms with Crippen molar-refractivity contribution in [3.63, 3.8) is 0 Å². The minimum atomic E-state index is -3.47. The van der Waals surface area contributed by atoms with Gasteiger partial charge in [0, 0.05) is 5.56 Å². The summed E-state index contributed by atoms with van der Waals surface area (Å²) in [6.45, 7) is 6.03. The van der Waals surface area contributed by atoms with Crippen molar-refractivity contribution in [2.45, 2.75) is 33.4 Å². The van der Waals surface area contributed by atoms with Gasteiger partial charge in [0.1, 0.15) is 0 Å². The van der Waals surface area contributed by atoms with E-state index in [9.17, 15) is 13.2 Å². The molecule has 1 N–H and O–H groups in total. The van der Waals surface area contributed by atoms with Crippen molar-refractivity contribution in [1.82, 2.24) is 5.32 Å². The lowest BCUT2D eigenvalue weighted by atomic mass is 10.1. The molecule has 0 heterocycles. The van der Waals surface area contributed by atoms with Crippen LogP contribution in [0.1, 0.15) is 45.6 Å². The number of sulfonamides is 1. The molecule has 1 atom stereocenters. The summed E-state index contributed by atoms with van der Waals surface area (Å²) in [5, 5.41) is 2.99. The molecule has 5 nitrogen and oxygen atoms in total. The molecule has 0 fully saturated rings. The maximum atomic E-state index is 12.6. The Labute approximate surface area is 184 Å². The highest BCUT2D eigenvalue weighted by Crippen LogP contribution is 2.24. The Morgan fingerprint density at radius 1 is 0.935 bits per heavy atom. The number of carbonyl (C=O) groups is 1. The van der Waals surface area contributed by atoms with E-state index in [2.05, 4.69) is 5.32 Å². The highest BCUT2D eigenvalue weighted by Gasteiger charge is 2.19. The topological polar surface area (TPSA) is 66.5 Å². The number of rotatable bonds is 7. The molecule has 0 aliphatic heterocycles. The molecule has 0 aromatic heterocycles. The van der Waals surface area contributed by atoms with Gasteiger partial charge in [-0.3, -0.25) is 9.10 Å². The fourth-order valence-corrected chi connectivity index (χ4v) is 4.40. The van der Waals surface area contributed by atoms with E-state index in [1.807, 2.05) is 69.3 Å². The summed E-state index contributed by atoms with van der Waals surface area (Å²) in [6.07, 6.45) is 1.21. The maximum Gasteiger partial charge on any atom is 0.251 e. The van der Waals surface area contributed by atoms with Crippen LogP contribution in [0.25, 0.3) is 0 Å². The number of aryl methyl sites for hydroxylation is 2. The molecule has 3 aromatic carbocycles. The largest absolute Gasteiger partial charge is 0.346 e. The average Bonchev–Trinajstić information content (AvgIpc) is 2.71. The van der Waals surface area contributed by atoms with E-state index < -0.39 is 10.0 Å². The molecular formula is C25H28N2O3S. The summed E-state index contributed by atoms with van der Waals surface area (Å²) in [6, 6.07) is 22.4. The fraction of sp³-hybridized carbons (Fsp3) is 0.240. The smallest absolute Gasteiger partial charge is 0.251 e. The van der Waals surface area contributed by atoms with E-state index in [0.29, 0.717) is 11.3 Å². The molecule has 0 radical (unpaired) electrons. The summed E-state index contributed by atoms with van der Waals surface area (Å²) < 4.78 is 26.3. The fourth-order valence-electron chi connectivity index (χ4n) is 3.53. The van der Waals surface area contributed by atoms with Crippen LogP contribution in [0.5, 0.6) is 0 Å². The second kappa shape index (κ2) is 9.35. The third-order valence-corrected chi connectivity index (χ3v) is 6.22. The predicted molar refractivity (Wildman–Crippen MR) is 126 cm³/mol. The van der Waals surface area contributed by atoms with Crippen molar-refractivity contribution in [3.05, 3.63) is 101 Å². The van der Waals surface area contributed by atoms with E-state index in [4.69, 9.17) is 0 Å². The summed E-state index contributed by atoms with van der Waals surface area (Å²) in [5.41, 5.74) is 5.01.